The molecule has 0 aromatic heterocycles. The molecular weight excluding hydrogens is 392 g/mol. The van der Waals surface area contributed by atoms with Gasteiger partial charge in [-0.15, -0.1) is 0 Å². The van der Waals surface area contributed by atoms with Crippen LogP contribution in [0.15, 0.2) is 23.7 Å². The molecule has 1 fully saturated rings. The van der Waals surface area contributed by atoms with Crippen LogP contribution in [0.2, 0.25) is 0 Å². The largest absolute Gasteiger partial charge is 0.496 e. The zero-order valence-electron chi connectivity index (χ0n) is 16.8. The molecule has 9 heteroatoms. The molecule has 0 bridgehead atoms. The predicted molar refractivity (Wildman–Crippen MR) is 105 cm³/mol. The Kier molecular flexibility index (Phi) is 6.63. The van der Waals surface area contributed by atoms with E-state index >= 15 is 0 Å². The van der Waals surface area contributed by atoms with Crippen LogP contribution in [0.3, 0.4) is 0 Å². The molecule has 0 atom stereocenters. The van der Waals surface area contributed by atoms with Gasteiger partial charge in [-0.3, -0.25) is 4.79 Å². The number of methoxy groups -OCH3 is 1. The van der Waals surface area contributed by atoms with Gasteiger partial charge in [-0.25, -0.2) is 0 Å². The number of thioether (sulfide) groups is 1. The maximum absolute atomic E-state index is 13.0. The summed E-state index contributed by atoms with van der Waals surface area (Å²) in [6.45, 7) is 9.07. The molecule has 4 nitrogen and oxygen atoms in total. The lowest BCUT2D eigenvalue weighted by molar-refractivity contribution is -0.137. The maximum Gasteiger partial charge on any atom is 0.491 e. The summed E-state index contributed by atoms with van der Waals surface area (Å²) in [7, 11) is 0.592. The Morgan fingerprint density at radius 3 is 2.25 bits per heavy atom. The molecule has 0 aliphatic carbocycles. The molecule has 154 valence electrons. The van der Waals surface area contributed by atoms with Crippen LogP contribution < -0.4 is 4.74 Å². The van der Waals surface area contributed by atoms with E-state index in [2.05, 4.69) is 0 Å². The molecule has 0 spiro atoms. The van der Waals surface area contributed by atoms with Crippen molar-refractivity contribution in [3.8, 4) is 5.75 Å². The Morgan fingerprint density at radius 2 is 1.79 bits per heavy atom. The highest BCUT2D eigenvalue weighted by atomic mass is 32.2. The molecule has 1 aromatic rings. The summed E-state index contributed by atoms with van der Waals surface area (Å²) in [5, 5.41) is -0.0817. The fourth-order valence-corrected chi connectivity index (χ4v) is 3.15. The molecule has 1 heterocycles. The number of rotatable bonds is 5. The van der Waals surface area contributed by atoms with Gasteiger partial charge < -0.3 is 14.0 Å². The van der Waals surface area contributed by atoms with Gasteiger partial charge in [0.15, 0.2) is 5.12 Å². The molecule has 1 aromatic carbocycles. The van der Waals surface area contributed by atoms with Gasteiger partial charge in [-0.2, -0.15) is 13.2 Å². The van der Waals surface area contributed by atoms with Crippen molar-refractivity contribution >= 4 is 30.1 Å². The third-order valence-corrected chi connectivity index (χ3v) is 5.78. The third-order valence-electron chi connectivity index (χ3n) is 4.90. The Bertz CT molecular complexity index is 759. The first-order chi connectivity index (χ1) is 12.8. The molecule has 1 saturated heterocycles. The van der Waals surface area contributed by atoms with E-state index in [0.717, 1.165) is 23.9 Å². The molecule has 1 aliphatic rings. The minimum atomic E-state index is -4.46. The highest BCUT2D eigenvalue weighted by Gasteiger charge is 2.52. The van der Waals surface area contributed by atoms with Gasteiger partial charge in [0.2, 0.25) is 0 Å². The average molecular weight is 416 g/mol. The van der Waals surface area contributed by atoms with Crippen molar-refractivity contribution in [1.82, 2.24) is 0 Å². The van der Waals surface area contributed by atoms with Crippen LogP contribution in [-0.2, 0) is 20.3 Å². The fourth-order valence-electron chi connectivity index (χ4n) is 2.56. The van der Waals surface area contributed by atoms with Crippen LogP contribution in [0.4, 0.5) is 13.2 Å². The lowest BCUT2D eigenvalue weighted by atomic mass is 9.78. The van der Waals surface area contributed by atoms with Gasteiger partial charge in [0.1, 0.15) is 5.75 Å². The Morgan fingerprint density at radius 1 is 1.21 bits per heavy atom. The molecule has 0 radical (unpaired) electrons. The van der Waals surface area contributed by atoms with Crippen LogP contribution in [0.5, 0.6) is 5.75 Å². The molecule has 1 aliphatic heterocycles. The van der Waals surface area contributed by atoms with Gasteiger partial charge in [-0.05, 0) is 45.3 Å². The van der Waals surface area contributed by atoms with Gasteiger partial charge >= 0.3 is 13.3 Å². The molecule has 28 heavy (non-hydrogen) atoms. The molecule has 2 rings (SSSR count). The number of carbonyl (C=O) groups excluding carboxylic acids is 1. The van der Waals surface area contributed by atoms with E-state index < -0.39 is 30.1 Å². The summed E-state index contributed by atoms with van der Waals surface area (Å²) in [6.07, 6.45) is -2.80. The fraction of sp³-hybridized carbons (Fsp3) is 0.526. The highest BCUT2D eigenvalue weighted by Crippen LogP contribution is 2.40. The van der Waals surface area contributed by atoms with Crippen LogP contribution in [0.1, 0.15) is 45.7 Å². The van der Waals surface area contributed by atoms with Crippen molar-refractivity contribution in [3.63, 3.8) is 0 Å². The predicted octanol–water partition coefficient (Wildman–Crippen LogP) is 5.01. The normalized spacial score (nSPS) is 19.0. The molecular formula is C19H24BF3O4S. The number of halogens is 3. The first-order valence-electron chi connectivity index (χ1n) is 8.71. The smallest absolute Gasteiger partial charge is 0.491 e. The minimum Gasteiger partial charge on any atom is -0.496 e. The number of ether oxygens (including phenoxy) is 1. The zero-order valence-corrected chi connectivity index (χ0v) is 17.6. The second-order valence-corrected chi connectivity index (χ2v) is 8.69. The minimum absolute atomic E-state index is 0.0802. The van der Waals surface area contributed by atoms with E-state index in [4.69, 9.17) is 14.0 Å². The second-order valence-electron chi connectivity index (χ2n) is 7.54. The highest BCUT2D eigenvalue weighted by molar-refractivity contribution is 8.13. The van der Waals surface area contributed by atoms with Crippen molar-refractivity contribution in [2.45, 2.75) is 52.0 Å². The quantitative estimate of drug-likeness (QED) is 0.632. The number of carbonyl (C=O) groups is 1. The number of benzene rings is 1. The first kappa shape index (κ1) is 22.8. The lowest BCUT2D eigenvalue weighted by Gasteiger charge is -2.32. The molecule has 0 N–H and O–H groups in total. The number of hydrogen-bond donors (Lipinski definition) is 0. The van der Waals surface area contributed by atoms with Crippen molar-refractivity contribution in [1.29, 1.82) is 0 Å². The van der Waals surface area contributed by atoms with Crippen molar-refractivity contribution in [2.75, 3.05) is 12.9 Å². The monoisotopic (exact) mass is 416 g/mol. The second kappa shape index (κ2) is 8.12. The summed E-state index contributed by atoms with van der Waals surface area (Å²) in [6, 6.07) is 3.28. The number of alkyl halides is 3. The molecule has 0 amide bonds. The van der Waals surface area contributed by atoms with Crippen molar-refractivity contribution in [2.24, 2.45) is 0 Å². The van der Waals surface area contributed by atoms with E-state index in [0.29, 0.717) is 11.0 Å². The van der Waals surface area contributed by atoms with Crippen molar-refractivity contribution < 1.29 is 32.0 Å². The van der Waals surface area contributed by atoms with E-state index in [9.17, 15) is 18.0 Å². The summed E-state index contributed by atoms with van der Waals surface area (Å²) < 4.78 is 56.2. The van der Waals surface area contributed by atoms with Crippen LogP contribution >= 0.6 is 11.8 Å². The van der Waals surface area contributed by atoms with Gasteiger partial charge in [0.05, 0.1) is 23.9 Å². The van der Waals surface area contributed by atoms with Gasteiger partial charge in [0.25, 0.3) is 0 Å². The van der Waals surface area contributed by atoms with E-state index in [1.807, 2.05) is 27.7 Å². The van der Waals surface area contributed by atoms with Crippen LogP contribution in [-0.4, -0.2) is 36.3 Å². The summed E-state index contributed by atoms with van der Waals surface area (Å²) in [4.78, 5) is 11.5. The Balaban J connectivity index is 2.44. The summed E-state index contributed by atoms with van der Waals surface area (Å²) in [5.41, 5.74) is -0.873. The Labute approximate surface area is 167 Å². The lowest BCUT2D eigenvalue weighted by Crippen LogP contribution is -2.41. The maximum atomic E-state index is 13.0. The SMILES string of the molecule is COc1cc(C(F)(F)F)ccc1C=C(CSC(C)=O)B1OC(C)(C)C(C)(C)O1. The van der Waals surface area contributed by atoms with E-state index in [-0.39, 0.29) is 16.6 Å². The summed E-state index contributed by atoms with van der Waals surface area (Å²) in [5.74, 6) is 0.368. The number of hydrogen-bond acceptors (Lipinski definition) is 5. The third kappa shape index (κ3) is 5.13. The molecule has 0 unspecified atom stereocenters. The first-order valence-corrected chi connectivity index (χ1v) is 9.70. The average Bonchev–Trinajstić information content (AvgIpc) is 2.78. The van der Waals surface area contributed by atoms with Gasteiger partial charge in [-0.1, -0.05) is 23.9 Å². The van der Waals surface area contributed by atoms with E-state index in [1.54, 1.807) is 6.08 Å². The topological polar surface area (TPSA) is 44.8 Å². The zero-order chi connectivity index (χ0) is 21.3. The van der Waals surface area contributed by atoms with Crippen LogP contribution in [0, 0.1) is 0 Å². The Hall–Kier alpha value is -1.45. The van der Waals surface area contributed by atoms with E-state index in [1.165, 1.54) is 20.1 Å². The molecule has 0 saturated carbocycles. The van der Waals surface area contributed by atoms with Crippen molar-refractivity contribution in [3.05, 3.63) is 34.8 Å². The standard InChI is InChI=1S/C19H24BF3O4S/c1-12(24)28-11-15(20-26-17(2,3)18(4,5)27-20)9-13-7-8-14(19(21,22)23)10-16(13)25-6/h7-10H,11H2,1-6H3. The van der Waals surface area contributed by atoms with Gasteiger partial charge in [0, 0.05) is 18.2 Å². The van der Waals surface area contributed by atoms with Crippen LogP contribution in [0.25, 0.3) is 6.08 Å². The summed E-state index contributed by atoms with van der Waals surface area (Å²) >= 11 is 1.08.